The fraction of sp³-hybridized carbons (Fsp3) is 0.222. The minimum absolute atomic E-state index is 0.197. The molecule has 0 saturated carbocycles. The zero-order valence-corrected chi connectivity index (χ0v) is 15.7. The molecule has 27 heavy (non-hydrogen) atoms. The summed E-state index contributed by atoms with van der Waals surface area (Å²) >= 11 is 1.40. The molecule has 0 atom stereocenters. The molecule has 0 spiro atoms. The van der Waals surface area contributed by atoms with E-state index >= 15 is 0 Å². The summed E-state index contributed by atoms with van der Waals surface area (Å²) in [5.41, 5.74) is 2.18. The van der Waals surface area contributed by atoms with Crippen molar-refractivity contribution in [2.75, 3.05) is 6.26 Å². The number of aromatic nitrogens is 5. The number of hydrogen-bond acceptors (Lipinski definition) is 6. The van der Waals surface area contributed by atoms with Gasteiger partial charge in [-0.05, 0) is 31.4 Å². The summed E-state index contributed by atoms with van der Waals surface area (Å²) in [5, 5.41) is 0.997. The Bertz CT molecular complexity index is 1290. The number of fused-ring (bicyclic) bond motifs is 2. The van der Waals surface area contributed by atoms with Gasteiger partial charge in [0.05, 0.1) is 17.7 Å². The van der Waals surface area contributed by atoms with E-state index in [9.17, 15) is 9.59 Å². The van der Waals surface area contributed by atoms with E-state index in [4.69, 9.17) is 4.42 Å². The van der Waals surface area contributed by atoms with Crippen LogP contribution >= 0.6 is 11.8 Å². The number of nitrogens with zero attached hydrogens (tertiary/aromatic N) is 5. The summed E-state index contributed by atoms with van der Waals surface area (Å²) in [4.78, 5) is 33.6. The summed E-state index contributed by atoms with van der Waals surface area (Å²) < 4.78 is 10.1. The Hall–Kier alpha value is -3.07. The van der Waals surface area contributed by atoms with Crippen LogP contribution in [0.3, 0.4) is 0 Å². The van der Waals surface area contributed by atoms with Crippen molar-refractivity contribution in [2.24, 2.45) is 0 Å². The minimum Gasteiger partial charge on any atom is -0.408 e. The van der Waals surface area contributed by atoms with Gasteiger partial charge >= 0.3 is 5.76 Å². The van der Waals surface area contributed by atoms with Crippen molar-refractivity contribution < 1.29 is 4.42 Å². The van der Waals surface area contributed by atoms with E-state index in [2.05, 4.69) is 16.5 Å². The lowest BCUT2D eigenvalue weighted by molar-refractivity contribution is 0.513. The summed E-state index contributed by atoms with van der Waals surface area (Å²) in [6, 6.07) is 5.34. The van der Waals surface area contributed by atoms with Gasteiger partial charge in [0.2, 0.25) is 0 Å². The molecule has 3 heterocycles. The molecule has 0 amide bonds. The Morgan fingerprint density at radius 2 is 2.15 bits per heavy atom. The first-order chi connectivity index (χ1) is 13.1. The Morgan fingerprint density at radius 3 is 2.85 bits per heavy atom. The third kappa shape index (κ3) is 2.62. The maximum Gasteiger partial charge on any atom is 0.419 e. The SMILES string of the molecule is C=CCn1c(=O)c2cnc(SC)nc2n1-c1ccc2oc(=O)n(CC)c2c1. The first-order valence-electron chi connectivity index (χ1n) is 8.36. The van der Waals surface area contributed by atoms with E-state index in [1.54, 1.807) is 38.3 Å². The molecule has 0 aliphatic carbocycles. The minimum atomic E-state index is -0.405. The molecule has 8 nitrogen and oxygen atoms in total. The highest BCUT2D eigenvalue weighted by molar-refractivity contribution is 7.98. The molecule has 0 bridgehead atoms. The van der Waals surface area contributed by atoms with Crippen LogP contribution in [0, 0.1) is 0 Å². The highest BCUT2D eigenvalue weighted by atomic mass is 32.2. The monoisotopic (exact) mass is 383 g/mol. The molecule has 0 fully saturated rings. The average molecular weight is 383 g/mol. The van der Waals surface area contributed by atoms with Gasteiger partial charge in [-0.25, -0.2) is 24.1 Å². The first-order valence-corrected chi connectivity index (χ1v) is 9.58. The molecular formula is C18H17N5O3S. The third-order valence-corrected chi connectivity index (χ3v) is 4.91. The van der Waals surface area contributed by atoms with Crippen molar-refractivity contribution in [2.45, 2.75) is 25.2 Å². The van der Waals surface area contributed by atoms with Gasteiger partial charge in [-0.3, -0.25) is 9.36 Å². The molecule has 9 heteroatoms. The molecule has 0 saturated heterocycles. The van der Waals surface area contributed by atoms with Gasteiger partial charge in [0.15, 0.2) is 16.4 Å². The lowest BCUT2D eigenvalue weighted by atomic mass is 10.3. The van der Waals surface area contributed by atoms with Gasteiger partial charge in [0.25, 0.3) is 5.56 Å². The summed E-state index contributed by atoms with van der Waals surface area (Å²) in [5.74, 6) is -0.405. The second kappa shape index (κ2) is 6.58. The van der Waals surface area contributed by atoms with Crippen LogP contribution in [-0.2, 0) is 13.1 Å². The molecule has 0 unspecified atom stereocenters. The number of hydrogen-bond donors (Lipinski definition) is 0. The van der Waals surface area contributed by atoms with Crippen molar-refractivity contribution in [1.82, 2.24) is 23.9 Å². The van der Waals surface area contributed by atoms with Gasteiger partial charge in [-0.2, -0.15) is 0 Å². The standard InChI is InChI=1S/C18H17N5O3S/c1-4-8-22-16(24)12-10-19-17(27-3)20-15(12)23(22)11-6-7-14-13(9-11)21(5-2)18(25)26-14/h4,6-7,9-10H,1,5,8H2,2-3H3. The molecule has 4 rings (SSSR count). The van der Waals surface area contributed by atoms with Crippen molar-refractivity contribution in [1.29, 1.82) is 0 Å². The topological polar surface area (TPSA) is 87.8 Å². The lowest BCUT2D eigenvalue weighted by Gasteiger charge is -2.11. The lowest BCUT2D eigenvalue weighted by Crippen LogP contribution is -2.21. The normalized spacial score (nSPS) is 11.5. The van der Waals surface area contributed by atoms with E-state index in [1.165, 1.54) is 11.8 Å². The van der Waals surface area contributed by atoms with Crippen LogP contribution in [0.1, 0.15) is 6.92 Å². The maximum absolute atomic E-state index is 12.8. The molecule has 3 aromatic heterocycles. The number of aryl methyl sites for hydroxylation is 1. The quantitative estimate of drug-likeness (QED) is 0.299. The van der Waals surface area contributed by atoms with Crippen LogP contribution in [0.25, 0.3) is 27.8 Å². The summed E-state index contributed by atoms with van der Waals surface area (Å²) in [6.07, 6.45) is 5.07. The molecule has 0 radical (unpaired) electrons. The van der Waals surface area contributed by atoms with Gasteiger partial charge in [-0.1, -0.05) is 17.8 Å². The Morgan fingerprint density at radius 1 is 1.33 bits per heavy atom. The van der Waals surface area contributed by atoms with Crippen molar-refractivity contribution in [3.05, 3.63) is 58.0 Å². The first kappa shape index (κ1) is 17.3. The maximum atomic E-state index is 12.8. The second-order valence-corrected chi connectivity index (χ2v) is 6.62. The van der Waals surface area contributed by atoms with Gasteiger partial charge in [0.1, 0.15) is 5.39 Å². The highest BCUT2D eigenvalue weighted by Gasteiger charge is 2.18. The molecule has 0 aliphatic heterocycles. The van der Waals surface area contributed by atoms with Gasteiger partial charge in [-0.15, -0.1) is 6.58 Å². The predicted octanol–water partition coefficient (Wildman–Crippen LogP) is 2.42. The van der Waals surface area contributed by atoms with E-state index in [0.29, 0.717) is 46.1 Å². The molecular weight excluding hydrogens is 366 g/mol. The zero-order valence-electron chi connectivity index (χ0n) is 14.9. The predicted molar refractivity (Wildman–Crippen MR) is 105 cm³/mol. The second-order valence-electron chi connectivity index (χ2n) is 5.85. The molecule has 0 aliphatic rings. The van der Waals surface area contributed by atoms with Crippen molar-refractivity contribution in [3.63, 3.8) is 0 Å². The number of benzene rings is 1. The van der Waals surface area contributed by atoms with E-state index < -0.39 is 5.76 Å². The van der Waals surface area contributed by atoms with Crippen LogP contribution in [0.5, 0.6) is 0 Å². The number of thioether (sulfide) groups is 1. The van der Waals surface area contributed by atoms with E-state index in [1.807, 2.05) is 19.2 Å². The number of rotatable bonds is 5. The van der Waals surface area contributed by atoms with Crippen LogP contribution in [0.4, 0.5) is 0 Å². The zero-order chi connectivity index (χ0) is 19.1. The molecule has 4 aromatic rings. The Labute approximate surface area is 157 Å². The van der Waals surface area contributed by atoms with Crippen molar-refractivity contribution >= 4 is 33.9 Å². The Balaban J connectivity index is 2.09. The fourth-order valence-electron chi connectivity index (χ4n) is 3.14. The Kier molecular flexibility index (Phi) is 4.23. The fourth-order valence-corrected chi connectivity index (χ4v) is 3.48. The molecule has 1 aromatic carbocycles. The van der Waals surface area contributed by atoms with E-state index in [-0.39, 0.29) is 5.56 Å². The number of allylic oxidation sites excluding steroid dienone is 1. The third-order valence-electron chi connectivity index (χ3n) is 4.35. The van der Waals surface area contributed by atoms with Crippen LogP contribution in [0.2, 0.25) is 0 Å². The smallest absolute Gasteiger partial charge is 0.408 e. The van der Waals surface area contributed by atoms with Crippen molar-refractivity contribution in [3.8, 4) is 5.69 Å². The van der Waals surface area contributed by atoms with Crippen LogP contribution in [0.15, 0.2) is 56.2 Å². The van der Waals surface area contributed by atoms with Gasteiger partial charge < -0.3 is 4.42 Å². The van der Waals surface area contributed by atoms with Crippen LogP contribution < -0.4 is 11.3 Å². The largest absolute Gasteiger partial charge is 0.419 e. The summed E-state index contributed by atoms with van der Waals surface area (Å²) in [6.45, 7) is 6.42. The highest BCUT2D eigenvalue weighted by Crippen LogP contribution is 2.22. The number of oxazole rings is 1. The van der Waals surface area contributed by atoms with Gasteiger partial charge in [0, 0.05) is 12.7 Å². The average Bonchev–Trinajstić information content (AvgIpc) is 3.14. The molecule has 0 N–H and O–H groups in total. The van der Waals surface area contributed by atoms with Crippen LogP contribution in [-0.4, -0.2) is 30.2 Å². The van der Waals surface area contributed by atoms with E-state index in [0.717, 1.165) is 0 Å². The summed E-state index contributed by atoms with van der Waals surface area (Å²) in [7, 11) is 0. The molecule has 138 valence electrons.